The maximum atomic E-state index is 12.4. The van der Waals surface area contributed by atoms with Crippen molar-refractivity contribution in [2.24, 2.45) is 0 Å². The largest absolute Gasteiger partial charge is 0.609 e. The summed E-state index contributed by atoms with van der Waals surface area (Å²) in [6.45, 7) is 4.13. The monoisotopic (exact) mass is 333 g/mol. The number of aromatic nitrogens is 3. The number of imidazole rings is 1. The molecule has 2 aromatic heterocycles. The second-order valence-corrected chi connectivity index (χ2v) is 6.01. The predicted molar refractivity (Wildman–Crippen MR) is 87.8 cm³/mol. The molecule has 2 aromatic rings. The Morgan fingerprint density at radius 1 is 1.43 bits per heavy atom. The Bertz CT molecular complexity index is 706. The van der Waals surface area contributed by atoms with E-state index >= 15 is 0 Å². The lowest BCUT2D eigenvalue weighted by molar-refractivity contribution is 0.314. The second-order valence-electron chi connectivity index (χ2n) is 4.64. The van der Waals surface area contributed by atoms with E-state index in [0.717, 1.165) is 17.0 Å². The van der Waals surface area contributed by atoms with Crippen LogP contribution in [0, 0.1) is 18.8 Å². The summed E-state index contributed by atoms with van der Waals surface area (Å²) >= 11 is -1.34. The first-order chi connectivity index (χ1) is 11.2. The van der Waals surface area contributed by atoms with E-state index in [1.165, 1.54) is 0 Å². The summed E-state index contributed by atoms with van der Waals surface area (Å²) in [7, 11) is 1.60. The van der Waals surface area contributed by atoms with E-state index in [9.17, 15) is 4.55 Å². The van der Waals surface area contributed by atoms with Gasteiger partial charge in [-0.3, -0.25) is 4.98 Å². The van der Waals surface area contributed by atoms with Crippen molar-refractivity contribution >= 4 is 11.2 Å². The second kappa shape index (κ2) is 8.46. The third kappa shape index (κ3) is 4.65. The molecule has 0 saturated heterocycles. The van der Waals surface area contributed by atoms with Crippen molar-refractivity contribution in [3.8, 4) is 23.5 Å². The highest BCUT2D eigenvalue weighted by molar-refractivity contribution is 7.90. The van der Waals surface area contributed by atoms with Crippen LogP contribution in [0.15, 0.2) is 23.6 Å². The standard InChI is InChI=1S/C16H19N3O3S/c1-4-5-6-9-22-15-10-18-16(19-15)23(20)11-13-12(2)14(21-3)7-8-17-13/h7-8,10H,6,9,11H2,1-3H3,(H,18,19). The summed E-state index contributed by atoms with van der Waals surface area (Å²) in [5.41, 5.74) is 1.60. The minimum atomic E-state index is -1.34. The normalized spacial score (nSPS) is 11.5. The van der Waals surface area contributed by atoms with Gasteiger partial charge in [0.25, 0.3) is 0 Å². The molecule has 7 heteroatoms. The van der Waals surface area contributed by atoms with Gasteiger partial charge in [-0.1, -0.05) is 0 Å². The van der Waals surface area contributed by atoms with Gasteiger partial charge in [-0.2, -0.15) is 0 Å². The van der Waals surface area contributed by atoms with Crippen molar-refractivity contribution in [1.82, 2.24) is 15.0 Å². The van der Waals surface area contributed by atoms with Crippen LogP contribution in [0.25, 0.3) is 0 Å². The lowest BCUT2D eigenvalue weighted by atomic mass is 10.2. The lowest BCUT2D eigenvalue weighted by Crippen LogP contribution is -2.10. The topological polar surface area (TPSA) is 83.1 Å². The average Bonchev–Trinajstić information content (AvgIpc) is 3.02. The number of nitrogens with one attached hydrogen (secondary N) is 1. The van der Waals surface area contributed by atoms with Gasteiger partial charge in [-0.25, -0.2) is 0 Å². The quantitative estimate of drug-likeness (QED) is 0.477. The molecule has 0 aliphatic heterocycles. The molecular formula is C16H19N3O3S. The maximum absolute atomic E-state index is 12.4. The van der Waals surface area contributed by atoms with Crippen LogP contribution in [0.3, 0.4) is 0 Å². The minimum Gasteiger partial charge on any atom is -0.609 e. The van der Waals surface area contributed by atoms with Gasteiger partial charge in [-0.05, 0) is 19.9 Å². The summed E-state index contributed by atoms with van der Waals surface area (Å²) in [5.74, 6) is 7.11. The molecule has 1 unspecified atom stereocenters. The van der Waals surface area contributed by atoms with E-state index < -0.39 is 11.2 Å². The van der Waals surface area contributed by atoms with Gasteiger partial charge in [-0.15, -0.1) is 16.8 Å². The van der Waals surface area contributed by atoms with Crippen molar-refractivity contribution < 1.29 is 14.0 Å². The van der Waals surface area contributed by atoms with Crippen molar-refractivity contribution in [2.75, 3.05) is 13.7 Å². The Morgan fingerprint density at radius 2 is 2.26 bits per heavy atom. The first kappa shape index (κ1) is 17.2. The molecule has 0 aliphatic rings. The zero-order chi connectivity index (χ0) is 16.7. The Labute approximate surface area is 138 Å². The maximum Gasteiger partial charge on any atom is 0.324 e. The number of rotatable bonds is 7. The van der Waals surface area contributed by atoms with Crippen LogP contribution in [0.1, 0.15) is 24.6 Å². The highest BCUT2D eigenvalue weighted by Crippen LogP contribution is 2.22. The molecule has 0 fully saturated rings. The zero-order valence-corrected chi connectivity index (χ0v) is 14.2. The summed E-state index contributed by atoms with van der Waals surface area (Å²) in [5, 5.41) is 0.366. The fraction of sp³-hybridized carbons (Fsp3) is 0.375. The fourth-order valence-corrected chi connectivity index (χ4v) is 2.99. The van der Waals surface area contributed by atoms with E-state index in [-0.39, 0.29) is 5.75 Å². The number of ether oxygens (including phenoxy) is 2. The molecule has 23 heavy (non-hydrogen) atoms. The van der Waals surface area contributed by atoms with Crippen LogP contribution in [0.5, 0.6) is 11.6 Å². The molecule has 122 valence electrons. The number of H-pyrrole nitrogens is 1. The molecule has 0 bridgehead atoms. The van der Waals surface area contributed by atoms with E-state index in [1.54, 1.807) is 32.5 Å². The highest BCUT2D eigenvalue weighted by Gasteiger charge is 2.20. The summed E-state index contributed by atoms with van der Waals surface area (Å²) in [4.78, 5) is 11.3. The number of methoxy groups -OCH3 is 1. The van der Waals surface area contributed by atoms with Crippen LogP contribution in [0.2, 0.25) is 0 Å². The molecular weight excluding hydrogens is 314 g/mol. The number of nitrogens with zero attached hydrogens (tertiary/aromatic N) is 2. The zero-order valence-electron chi connectivity index (χ0n) is 13.4. The Hall–Kier alpha value is -2.17. The van der Waals surface area contributed by atoms with E-state index in [4.69, 9.17) is 9.47 Å². The van der Waals surface area contributed by atoms with Crippen LogP contribution in [0.4, 0.5) is 0 Å². The number of hydrogen-bond donors (Lipinski definition) is 1. The van der Waals surface area contributed by atoms with Crippen molar-refractivity contribution in [2.45, 2.75) is 31.2 Å². The molecule has 6 nitrogen and oxygen atoms in total. The summed E-state index contributed by atoms with van der Waals surface area (Å²) < 4.78 is 23.1. The Balaban J connectivity index is 1.99. The highest BCUT2D eigenvalue weighted by atomic mass is 32.2. The third-order valence-electron chi connectivity index (χ3n) is 3.15. The van der Waals surface area contributed by atoms with E-state index in [1.807, 2.05) is 6.92 Å². The summed E-state index contributed by atoms with van der Waals surface area (Å²) in [6, 6.07) is 1.78. The number of pyridine rings is 1. The molecule has 1 atom stereocenters. The molecule has 2 rings (SSSR count). The smallest absolute Gasteiger partial charge is 0.324 e. The van der Waals surface area contributed by atoms with Gasteiger partial charge in [0.15, 0.2) is 5.75 Å². The molecule has 2 heterocycles. The molecule has 0 spiro atoms. The van der Waals surface area contributed by atoms with Crippen LogP contribution in [-0.2, 0) is 16.9 Å². The lowest BCUT2D eigenvalue weighted by Gasteiger charge is -2.10. The van der Waals surface area contributed by atoms with Crippen molar-refractivity contribution in [3.05, 3.63) is 29.7 Å². The first-order valence-corrected chi connectivity index (χ1v) is 8.42. The predicted octanol–water partition coefficient (Wildman–Crippen LogP) is 2.22. The van der Waals surface area contributed by atoms with Gasteiger partial charge in [0.2, 0.25) is 5.88 Å². The van der Waals surface area contributed by atoms with Gasteiger partial charge in [0.05, 0.1) is 19.0 Å². The van der Waals surface area contributed by atoms with Gasteiger partial charge in [0.1, 0.15) is 12.4 Å². The van der Waals surface area contributed by atoms with Gasteiger partial charge < -0.3 is 19.0 Å². The molecule has 0 amide bonds. The SMILES string of the molecule is CC#CCCOc1c[nH]c([S+]([O-])Cc2nccc(OC)c2C)n1. The van der Waals surface area contributed by atoms with E-state index in [0.29, 0.717) is 24.1 Å². The molecule has 0 aliphatic carbocycles. The minimum absolute atomic E-state index is 0.261. The van der Waals surface area contributed by atoms with Gasteiger partial charge >= 0.3 is 5.16 Å². The molecule has 0 radical (unpaired) electrons. The third-order valence-corrected chi connectivity index (χ3v) is 4.32. The molecule has 0 saturated carbocycles. The molecule has 0 aromatic carbocycles. The van der Waals surface area contributed by atoms with Crippen molar-refractivity contribution in [3.63, 3.8) is 0 Å². The fourth-order valence-electron chi connectivity index (χ4n) is 1.93. The molecule has 1 N–H and O–H groups in total. The van der Waals surface area contributed by atoms with E-state index in [2.05, 4.69) is 26.8 Å². The first-order valence-electron chi connectivity index (χ1n) is 7.10. The Kier molecular flexibility index (Phi) is 6.32. The average molecular weight is 333 g/mol. The number of hydrogen-bond acceptors (Lipinski definition) is 5. The summed E-state index contributed by atoms with van der Waals surface area (Å²) in [6.07, 6.45) is 3.87. The van der Waals surface area contributed by atoms with Crippen LogP contribution >= 0.6 is 0 Å². The van der Waals surface area contributed by atoms with Crippen LogP contribution < -0.4 is 9.47 Å². The van der Waals surface area contributed by atoms with Crippen LogP contribution in [-0.4, -0.2) is 33.2 Å². The van der Waals surface area contributed by atoms with Crippen molar-refractivity contribution in [1.29, 1.82) is 0 Å². The number of aromatic amines is 1. The Morgan fingerprint density at radius 3 is 3.00 bits per heavy atom. The van der Waals surface area contributed by atoms with Gasteiger partial charge in [0, 0.05) is 29.4 Å².